The Hall–Kier alpha value is -2.92. The van der Waals surface area contributed by atoms with E-state index in [1.807, 2.05) is 42.2 Å². The molecule has 0 spiro atoms. The lowest BCUT2D eigenvalue weighted by molar-refractivity contribution is 0.773. The number of pyridine rings is 2. The second-order valence-corrected chi connectivity index (χ2v) is 6.39. The standard InChI is InChI=1S/C19H16ClN5/c1-11-3-5-22-19(16-4-6-24-25(16)2)18(11)13-7-12-9-17(21)23-10-14(12)15(20)8-13/h3-10H,1-2H3,(H2,21,23). The number of nitrogen functional groups attached to an aromatic ring is 1. The van der Waals surface area contributed by atoms with Crippen molar-refractivity contribution in [2.45, 2.75) is 6.92 Å². The first kappa shape index (κ1) is 15.6. The molecule has 5 nitrogen and oxygen atoms in total. The van der Waals surface area contributed by atoms with Crippen molar-refractivity contribution in [1.29, 1.82) is 0 Å². The lowest BCUT2D eigenvalue weighted by Crippen LogP contribution is -1.99. The van der Waals surface area contributed by atoms with Crippen LogP contribution in [0.2, 0.25) is 5.02 Å². The molecule has 124 valence electrons. The maximum Gasteiger partial charge on any atom is 0.123 e. The summed E-state index contributed by atoms with van der Waals surface area (Å²) in [6.07, 6.45) is 5.28. The van der Waals surface area contributed by atoms with Crippen molar-refractivity contribution in [2.75, 3.05) is 5.73 Å². The molecule has 0 atom stereocenters. The Kier molecular flexibility index (Phi) is 3.66. The van der Waals surface area contributed by atoms with Crippen LogP contribution in [0.4, 0.5) is 5.82 Å². The van der Waals surface area contributed by atoms with Gasteiger partial charge in [-0.1, -0.05) is 11.6 Å². The fourth-order valence-electron chi connectivity index (χ4n) is 3.10. The molecule has 0 bridgehead atoms. The summed E-state index contributed by atoms with van der Waals surface area (Å²) in [4.78, 5) is 8.73. The Morgan fingerprint density at radius 1 is 1.08 bits per heavy atom. The highest BCUT2D eigenvalue weighted by Gasteiger charge is 2.16. The fraction of sp³-hybridized carbons (Fsp3) is 0.105. The predicted octanol–water partition coefficient (Wildman–Crippen LogP) is 4.24. The van der Waals surface area contributed by atoms with Gasteiger partial charge in [0.05, 0.1) is 16.4 Å². The van der Waals surface area contributed by atoms with Crippen molar-refractivity contribution in [3.8, 4) is 22.5 Å². The minimum absolute atomic E-state index is 0.468. The number of nitrogens with zero attached hydrogens (tertiary/aromatic N) is 4. The Morgan fingerprint density at radius 3 is 2.68 bits per heavy atom. The summed E-state index contributed by atoms with van der Waals surface area (Å²) in [7, 11) is 1.91. The topological polar surface area (TPSA) is 69.6 Å². The van der Waals surface area contributed by atoms with Gasteiger partial charge < -0.3 is 5.73 Å². The summed E-state index contributed by atoms with van der Waals surface area (Å²) in [5, 5.41) is 6.73. The van der Waals surface area contributed by atoms with Gasteiger partial charge in [-0.15, -0.1) is 0 Å². The smallest absolute Gasteiger partial charge is 0.123 e. The van der Waals surface area contributed by atoms with E-state index in [4.69, 9.17) is 17.3 Å². The molecule has 3 aromatic heterocycles. The first-order valence-corrected chi connectivity index (χ1v) is 8.21. The van der Waals surface area contributed by atoms with Crippen LogP contribution in [-0.2, 0) is 7.05 Å². The van der Waals surface area contributed by atoms with Gasteiger partial charge >= 0.3 is 0 Å². The number of hydrogen-bond donors (Lipinski definition) is 1. The van der Waals surface area contributed by atoms with Crippen molar-refractivity contribution in [2.24, 2.45) is 7.05 Å². The molecule has 0 aliphatic rings. The monoisotopic (exact) mass is 349 g/mol. The van der Waals surface area contributed by atoms with E-state index >= 15 is 0 Å². The lowest BCUT2D eigenvalue weighted by atomic mass is 9.95. The van der Waals surface area contributed by atoms with E-state index in [0.29, 0.717) is 10.8 Å². The molecule has 0 fully saturated rings. The number of hydrogen-bond acceptors (Lipinski definition) is 4. The average Bonchev–Trinajstić information content (AvgIpc) is 3.00. The number of aromatic nitrogens is 4. The molecule has 0 unspecified atom stereocenters. The van der Waals surface area contributed by atoms with Gasteiger partial charge in [0, 0.05) is 36.6 Å². The van der Waals surface area contributed by atoms with Crippen LogP contribution in [0.3, 0.4) is 0 Å². The number of nitrogens with two attached hydrogens (primary N) is 1. The molecule has 0 saturated heterocycles. The third-order valence-corrected chi connectivity index (χ3v) is 4.63. The van der Waals surface area contributed by atoms with E-state index in [0.717, 1.165) is 38.9 Å². The van der Waals surface area contributed by atoms with Crippen LogP contribution in [0.15, 0.2) is 48.9 Å². The first-order valence-electron chi connectivity index (χ1n) is 7.84. The summed E-state index contributed by atoms with van der Waals surface area (Å²) >= 11 is 6.51. The number of halogens is 1. The van der Waals surface area contributed by atoms with Crippen LogP contribution >= 0.6 is 11.6 Å². The molecule has 1 aromatic carbocycles. The number of anilines is 1. The third kappa shape index (κ3) is 2.62. The minimum atomic E-state index is 0.468. The largest absolute Gasteiger partial charge is 0.384 e. The molecule has 0 radical (unpaired) electrons. The summed E-state index contributed by atoms with van der Waals surface area (Å²) in [5.41, 5.74) is 10.8. The first-order chi connectivity index (χ1) is 12.0. The molecular weight excluding hydrogens is 334 g/mol. The predicted molar refractivity (Wildman–Crippen MR) is 101 cm³/mol. The molecule has 25 heavy (non-hydrogen) atoms. The Balaban J connectivity index is 2.02. The molecule has 4 aromatic rings. The molecule has 4 rings (SSSR count). The zero-order chi connectivity index (χ0) is 17.6. The van der Waals surface area contributed by atoms with E-state index in [-0.39, 0.29) is 0 Å². The van der Waals surface area contributed by atoms with Crippen molar-refractivity contribution in [3.63, 3.8) is 0 Å². The zero-order valence-corrected chi connectivity index (χ0v) is 14.6. The molecule has 2 N–H and O–H groups in total. The molecular formula is C19H16ClN5. The Bertz CT molecular complexity index is 1100. The van der Waals surface area contributed by atoms with E-state index < -0.39 is 0 Å². The minimum Gasteiger partial charge on any atom is -0.384 e. The lowest BCUT2D eigenvalue weighted by Gasteiger charge is -2.14. The van der Waals surface area contributed by atoms with Crippen LogP contribution in [0, 0.1) is 6.92 Å². The number of benzene rings is 1. The van der Waals surface area contributed by atoms with Crippen molar-refractivity contribution in [1.82, 2.24) is 19.7 Å². The van der Waals surface area contributed by atoms with Crippen molar-refractivity contribution < 1.29 is 0 Å². The highest BCUT2D eigenvalue weighted by atomic mass is 35.5. The maximum atomic E-state index is 6.51. The molecule has 0 aliphatic carbocycles. The number of fused-ring (bicyclic) bond motifs is 1. The molecule has 0 saturated carbocycles. The van der Waals surface area contributed by atoms with Crippen molar-refractivity contribution >= 4 is 28.2 Å². The zero-order valence-electron chi connectivity index (χ0n) is 13.9. The van der Waals surface area contributed by atoms with Gasteiger partial charge in [0.2, 0.25) is 0 Å². The SMILES string of the molecule is Cc1ccnc(-c2ccnn2C)c1-c1cc(Cl)c2cnc(N)cc2c1. The van der Waals surface area contributed by atoms with Gasteiger partial charge in [0.25, 0.3) is 0 Å². The molecule has 3 heterocycles. The molecule has 0 amide bonds. The summed E-state index contributed by atoms with van der Waals surface area (Å²) in [5.74, 6) is 0.468. The van der Waals surface area contributed by atoms with Crippen LogP contribution in [0.1, 0.15) is 5.56 Å². The quantitative estimate of drug-likeness (QED) is 0.587. The van der Waals surface area contributed by atoms with E-state index in [9.17, 15) is 0 Å². The van der Waals surface area contributed by atoms with Crippen LogP contribution in [0.5, 0.6) is 0 Å². The second-order valence-electron chi connectivity index (χ2n) is 5.98. The number of rotatable bonds is 2. The van der Waals surface area contributed by atoms with Gasteiger partial charge in [-0.3, -0.25) is 9.67 Å². The van der Waals surface area contributed by atoms with Gasteiger partial charge in [0.15, 0.2) is 0 Å². The Morgan fingerprint density at radius 2 is 1.92 bits per heavy atom. The number of aryl methyl sites for hydroxylation is 2. The summed E-state index contributed by atoms with van der Waals surface area (Å²) in [6.45, 7) is 2.07. The summed E-state index contributed by atoms with van der Waals surface area (Å²) < 4.78 is 1.82. The maximum absolute atomic E-state index is 6.51. The van der Waals surface area contributed by atoms with E-state index in [1.165, 1.54) is 0 Å². The van der Waals surface area contributed by atoms with E-state index in [1.54, 1.807) is 12.4 Å². The van der Waals surface area contributed by atoms with Crippen LogP contribution < -0.4 is 5.73 Å². The Labute approximate surface area is 150 Å². The molecule has 0 aliphatic heterocycles. The second kappa shape index (κ2) is 5.86. The van der Waals surface area contributed by atoms with Gasteiger partial charge in [-0.25, -0.2) is 4.98 Å². The highest BCUT2D eigenvalue weighted by molar-refractivity contribution is 6.36. The third-order valence-electron chi connectivity index (χ3n) is 4.32. The normalized spacial score (nSPS) is 11.2. The fourth-order valence-corrected chi connectivity index (χ4v) is 3.37. The highest BCUT2D eigenvalue weighted by Crippen LogP contribution is 2.37. The van der Waals surface area contributed by atoms with E-state index in [2.05, 4.69) is 28.1 Å². The molecule has 6 heteroatoms. The van der Waals surface area contributed by atoms with Crippen molar-refractivity contribution in [3.05, 3.63) is 59.5 Å². The van der Waals surface area contributed by atoms with Crippen LogP contribution in [0.25, 0.3) is 33.3 Å². The van der Waals surface area contributed by atoms with Gasteiger partial charge in [-0.05, 0) is 53.8 Å². The average molecular weight is 350 g/mol. The van der Waals surface area contributed by atoms with Gasteiger partial charge in [0.1, 0.15) is 5.82 Å². The van der Waals surface area contributed by atoms with Gasteiger partial charge in [-0.2, -0.15) is 5.10 Å². The summed E-state index contributed by atoms with van der Waals surface area (Å²) in [6, 6.07) is 9.80. The van der Waals surface area contributed by atoms with Crippen LogP contribution in [-0.4, -0.2) is 19.7 Å².